The van der Waals surface area contributed by atoms with Gasteiger partial charge in [0, 0.05) is 50.1 Å². The lowest BCUT2D eigenvalue weighted by Crippen LogP contribution is -2.48. The quantitative estimate of drug-likeness (QED) is 0.390. The SMILES string of the molecule is CCOC(=O)CNC(=O)Nc1ccc([C@H]2O[C@@H](CN3CCC4(CC3)OCCO4)C[C@@H](c3ccc(CO)cc3)O2)cc1. The van der Waals surface area contributed by atoms with Crippen LogP contribution in [-0.4, -0.2) is 79.9 Å². The zero-order chi connectivity index (χ0) is 28.7. The molecule has 3 aliphatic rings. The van der Waals surface area contributed by atoms with Crippen molar-refractivity contribution in [1.29, 1.82) is 0 Å². The van der Waals surface area contributed by atoms with Crippen molar-refractivity contribution in [2.75, 3.05) is 51.3 Å². The predicted octanol–water partition coefficient (Wildman–Crippen LogP) is 3.25. The van der Waals surface area contributed by atoms with E-state index in [1.807, 2.05) is 36.4 Å². The summed E-state index contributed by atoms with van der Waals surface area (Å²) >= 11 is 0. The van der Waals surface area contributed by atoms with E-state index >= 15 is 0 Å². The average Bonchev–Trinajstić information content (AvgIpc) is 3.46. The molecule has 2 amide bonds. The summed E-state index contributed by atoms with van der Waals surface area (Å²) in [4.78, 5) is 26.0. The Bertz CT molecular complexity index is 1140. The van der Waals surface area contributed by atoms with E-state index in [4.69, 9.17) is 23.7 Å². The van der Waals surface area contributed by atoms with E-state index in [-0.39, 0.29) is 32.0 Å². The maximum atomic E-state index is 12.2. The van der Waals surface area contributed by atoms with Crippen LogP contribution in [0, 0.1) is 0 Å². The number of anilines is 1. The number of benzene rings is 2. The first-order chi connectivity index (χ1) is 19.9. The van der Waals surface area contributed by atoms with Crippen LogP contribution in [0.2, 0.25) is 0 Å². The van der Waals surface area contributed by atoms with Crippen molar-refractivity contribution < 1.29 is 38.4 Å². The lowest BCUT2D eigenvalue weighted by atomic mass is 9.98. The molecular formula is C30H39N3O8. The maximum absolute atomic E-state index is 12.2. The number of ether oxygens (including phenoxy) is 5. The van der Waals surface area contributed by atoms with Gasteiger partial charge in [0.1, 0.15) is 6.54 Å². The summed E-state index contributed by atoms with van der Waals surface area (Å²) in [6.45, 7) is 5.59. The summed E-state index contributed by atoms with van der Waals surface area (Å²) < 4.78 is 29.5. The normalized spacial score (nSPS) is 24.2. The smallest absolute Gasteiger partial charge is 0.325 e. The van der Waals surface area contributed by atoms with E-state index in [2.05, 4.69) is 15.5 Å². The van der Waals surface area contributed by atoms with Gasteiger partial charge in [-0.05, 0) is 30.2 Å². The van der Waals surface area contributed by atoms with Crippen molar-refractivity contribution in [2.24, 2.45) is 0 Å². The van der Waals surface area contributed by atoms with Gasteiger partial charge in [-0.25, -0.2) is 4.79 Å². The zero-order valence-corrected chi connectivity index (χ0v) is 23.4. The number of aliphatic hydroxyl groups is 1. The number of hydrogen-bond donors (Lipinski definition) is 3. The Morgan fingerprint density at radius 3 is 2.34 bits per heavy atom. The van der Waals surface area contributed by atoms with E-state index in [0.717, 1.165) is 49.2 Å². The Morgan fingerprint density at radius 2 is 1.68 bits per heavy atom. The standard InChI is InChI=1S/C30H39N3O8/c1-2-37-27(35)18-31-29(36)32-24-9-7-23(8-10-24)28-40-25(17-26(41-28)22-5-3-21(20-34)4-6-22)19-33-13-11-30(12-14-33)38-15-16-39-30/h3-10,25-26,28,34H,2,11-20H2,1H3,(H2,31,32,36)/t25-,26+,28+/m1/s1. The molecule has 0 saturated carbocycles. The number of carbonyl (C=O) groups is 2. The van der Waals surface area contributed by atoms with Gasteiger partial charge in [-0.2, -0.15) is 0 Å². The van der Waals surface area contributed by atoms with Crippen molar-refractivity contribution in [2.45, 2.75) is 57.1 Å². The molecule has 5 rings (SSSR count). The molecule has 3 saturated heterocycles. The lowest BCUT2D eigenvalue weighted by Gasteiger charge is -2.41. The molecule has 11 heteroatoms. The topological polar surface area (TPSA) is 128 Å². The molecule has 0 aromatic heterocycles. The van der Waals surface area contributed by atoms with Gasteiger partial charge >= 0.3 is 12.0 Å². The Morgan fingerprint density at radius 1 is 1.00 bits per heavy atom. The third-order valence-corrected chi connectivity index (χ3v) is 7.65. The molecule has 11 nitrogen and oxygen atoms in total. The number of carbonyl (C=O) groups excluding carboxylic acids is 2. The van der Waals surface area contributed by atoms with Gasteiger partial charge < -0.3 is 44.3 Å². The number of likely N-dealkylation sites (tertiary alicyclic amines) is 1. The maximum Gasteiger partial charge on any atom is 0.325 e. The minimum atomic E-state index is -0.597. The van der Waals surface area contributed by atoms with E-state index in [1.165, 1.54) is 0 Å². The van der Waals surface area contributed by atoms with Gasteiger partial charge in [0.25, 0.3) is 0 Å². The second kappa shape index (κ2) is 13.7. The van der Waals surface area contributed by atoms with Crippen LogP contribution in [0.1, 0.15) is 55.3 Å². The third-order valence-electron chi connectivity index (χ3n) is 7.65. The fourth-order valence-corrected chi connectivity index (χ4v) is 5.45. The molecular weight excluding hydrogens is 530 g/mol. The molecule has 0 radical (unpaired) electrons. The third kappa shape index (κ3) is 7.82. The molecule has 2 aromatic rings. The zero-order valence-electron chi connectivity index (χ0n) is 23.4. The number of urea groups is 1. The van der Waals surface area contributed by atoms with Crippen molar-refractivity contribution in [3.8, 4) is 0 Å². The molecule has 2 aromatic carbocycles. The molecule has 0 bridgehead atoms. The van der Waals surface area contributed by atoms with Crippen LogP contribution in [0.15, 0.2) is 48.5 Å². The molecule has 3 N–H and O–H groups in total. The highest BCUT2D eigenvalue weighted by Crippen LogP contribution is 2.39. The number of hydrogen-bond acceptors (Lipinski definition) is 9. The van der Waals surface area contributed by atoms with Crippen LogP contribution in [0.3, 0.4) is 0 Å². The van der Waals surface area contributed by atoms with Crippen LogP contribution in [0.4, 0.5) is 10.5 Å². The molecule has 41 heavy (non-hydrogen) atoms. The highest BCUT2D eigenvalue weighted by Gasteiger charge is 2.41. The van der Waals surface area contributed by atoms with Gasteiger partial charge in [-0.1, -0.05) is 36.4 Å². The highest BCUT2D eigenvalue weighted by molar-refractivity contribution is 5.91. The first-order valence-electron chi connectivity index (χ1n) is 14.3. The Balaban J connectivity index is 1.23. The summed E-state index contributed by atoms with van der Waals surface area (Å²) in [5.41, 5.74) is 3.27. The Labute approximate surface area is 240 Å². The molecule has 0 unspecified atom stereocenters. The van der Waals surface area contributed by atoms with E-state index in [1.54, 1.807) is 19.1 Å². The number of esters is 1. The summed E-state index contributed by atoms with van der Waals surface area (Å²) in [5.74, 6) is -0.915. The monoisotopic (exact) mass is 569 g/mol. The second-order valence-corrected chi connectivity index (χ2v) is 10.5. The van der Waals surface area contributed by atoms with Crippen LogP contribution >= 0.6 is 0 Å². The van der Waals surface area contributed by atoms with E-state index in [9.17, 15) is 14.7 Å². The predicted molar refractivity (Wildman–Crippen MR) is 149 cm³/mol. The molecule has 3 heterocycles. The van der Waals surface area contributed by atoms with Crippen molar-refractivity contribution in [3.63, 3.8) is 0 Å². The summed E-state index contributed by atoms with van der Waals surface area (Å²) in [6, 6.07) is 14.6. The first-order valence-corrected chi connectivity index (χ1v) is 14.3. The van der Waals surface area contributed by atoms with E-state index < -0.39 is 24.1 Å². The van der Waals surface area contributed by atoms with Crippen molar-refractivity contribution in [3.05, 3.63) is 65.2 Å². The fraction of sp³-hybridized carbons (Fsp3) is 0.533. The average molecular weight is 570 g/mol. The molecule has 0 aliphatic carbocycles. The first kappa shape index (κ1) is 29.4. The second-order valence-electron chi connectivity index (χ2n) is 10.5. The summed E-state index contributed by atoms with van der Waals surface area (Å²) in [6.07, 6.45) is 1.53. The van der Waals surface area contributed by atoms with Crippen LogP contribution in [0.25, 0.3) is 0 Å². The van der Waals surface area contributed by atoms with E-state index in [0.29, 0.717) is 25.3 Å². The summed E-state index contributed by atoms with van der Waals surface area (Å²) in [7, 11) is 0. The fourth-order valence-electron chi connectivity index (χ4n) is 5.45. The van der Waals surface area contributed by atoms with Crippen LogP contribution in [-0.2, 0) is 35.1 Å². The molecule has 3 atom stereocenters. The highest BCUT2D eigenvalue weighted by atomic mass is 16.7. The lowest BCUT2D eigenvalue weighted by molar-refractivity contribution is -0.255. The van der Waals surface area contributed by atoms with Crippen molar-refractivity contribution in [1.82, 2.24) is 10.2 Å². The Kier molecular flexibility index (Phi) is 9.86. The van der Waals surface area contributed by atoms with Gasteiger partial charge in [0.15, 0.2) is 12.1 Å². The van der Waals surface area contributed by atoms with Gasteiger partial charge in [0.2, 0.25) is 0 Å². The number of nitrogens with zero attached hydrogens (tertiary/aromatic N) is 1. The molecule has 222 valence electrons. The largest absolute Gasteiger partial charge is 0.465 e. The molecule has 1 spiro atoms. The molecule has 3 aliphatic heterocycles. The Hall–Kier alpha value is -3.06. The number of amides is 2. The number of piperidine rings is 1. The molecule has 3 fully saturated rings. The minimum absolute atomic E-state index is 0.00865. The number of rotatable bonds is 9. The van der Waals surface area contributed by atoms with Crippen LogP contribution in [0.5, 0.6) is 0 Å². The number of nitrogens with one attached hydrogen (secondary N) is 2. The van der Waals surface area contributed by atoms with Crippen molar-refractivity contribution >= 4 is 17.7 Å². The van der Waals surface area contributed by atoms with Gasteiger partial charge in [-0.15, -0.1) is 0 Å². The number of aliphatic hydroxyl groups excluding tert-OH is 1. The minimum Gasteiger partial charge on any atom is -0.465 e. The van der Waals surface area contributed by atoms with Gasteiger partial charge in [0.05, 0.1) is 38.6 Å². The van der Waals surface area contributed by atoms with Gasteiger partial charge in [-0.3, -0.25) is 4.79 Å². The summed E-state index contributed by atoms with van der Waals surface area (Å²) in [5, 5.41) is 14.6. The van der Waals surface area contributed by atoms with Crippen LogP contribution < -0.4 is 10.6 Å².